The van der Waals surface area contributed by atoms with Crippen LogP contribution in [0.3, 0.4) is 0 Å². The van der Waals surface area contributed by atoms with Gasteiger partial charge >= 0.3 is 0 Å². The molecule has 3 nitrogen and oxygen atoms in total. The molecule has 158 valence electrons. The molecule has 2 heterocycles. The quantitative estimate of drug-likeness (QED) is 0.267. The summed E-state index contributed by atoms with van der Waals surface area (Å²) < 4.78 is 0. The lowest BCUT2D eigenvalue weighted by atomic mass is 9.87. The van der Waals surface area contributed by atoms with Crippen molar-refractivity contribution in [2.45, 2.75) is 0 Å². The first kappa shape index (κ1) is 18.9. The molecule has 0 aliphatic heterocycles. The van der Waals surface area contributed by atoms with Gasteiger partial charge in [0.15, 0.2) is 0 Å². The molecule has 0 saturated heterocycles. The predicted molar refractivity (Wildman–Crippen MR) is 140 cm³/mol. The molecule has 5 aromatic carbocycles. The van der Waals surface area contributed by atoms with Gasteiger partial charge in [-0.2, -0.15) is 0 Å². The van der Waals surface area contributed by atoms with Crippen LogP contribution in [-0.2, 0) is 0 Å². The summed E-state index contributed by atoms with van der Waals surface area (Å²) in [4.78, 5) is 12.6. The molecular weight excluding hydrogens is 414 g/mol. The van der Waals surface area contributed by atoms with Crippen molar-refractivity contribution < 1.29 is 0 Å². The van der Waals surface area contributed by atoms with Crippen LogP contribution >= 0.6 is 0 Å². The first-order valence-electron chi connectivity index (χ1n) is 11.3. The van der Waals surface area contributed by atoms with E-state index in [4.69, 9.17) is 0 Å². The molecule has 0 bridgehead atoms. The minimum Gasteiger partial charge on any atom is -0.264 e. The smallest absolute Gasteiger partial charge is 0.115 e. The van der Waals surface area contributed by atoms with Gasteiger partial charge < -0.3 is 0 Å². The fourth-order valence-electron chi connectivity index (χ4n) is 5.12. The van der Waals surface area contributed by atoms with Gasteiger partial charge in [0.2, 0.25) is 0 Å². The SMILES string of the molecule is c1cncc(-c2ccc3ccc4c(-c5ccc(-c6cncnc6)cc5)ccc5ccc2c3c54)c1. The molecule has 0 aliphatic carbocycles. The van der Waals surface area contributed by atoms with Crippen LogP contribution in [0, 0.1) is 0 Å². The molecule has 7 aromatic rings. The lowest BCUT2D eigenvalue weighted by Crippen LogP contribution is -1.90. The third-order valence-corrected chi connectivity index (χ3v) is 6.73. The van der Waals surface area contributed by atoms with E-state index in [9.17, 15) is 0 Å². The van der Waals surface area contributed by atoms with Crippen LogP contribution in [0.5, 0.6) is 0 Å². The number of benzene rings is 5. The summed E-state index contributed by atoms with van der Waals surface area (Å²) in [6.45, 7) is 0. The highest BCUT2D eigenvalue weighted by atomic mass is 14.8. The van der Waals surface area contributed by atoms with Crippen LogP contribution in [0.1, 0.15) is 0 Å². The largest absolute Gasteiger partial charge is 0.264 e. The topological polar surface area (TPSA) is 38.7 Å². The maximum atomic E-state index is 4.35. The molecule has 3 heteroatoms. The van der Waals surface area contributed by atoms with Crippen molar-refractivity contribution in [2.24, 2.45) is 0 Å². The van der Waals surface area contributed by atoms with E-state index in [1.54, 1.807) is 6.33 Å². The molecule has 0 N–H and O–H groups in total. The molecule has 34 heavy (non-hydrogen) atoms. The van der Waals surface area contributed by atoms with Gasteiger partial charge in [-0.3, -0.25) is 4.98 Å². The van der Waals surface area contributed by atoms with E-state index in [2.05, 4.69) is 93.8 Å². The van der Waals surface area contributed by atoms with Crippen molar-refractivity contribution in [2.75, 3.05) is 0 Å². The number of aromatic nitrogens is 3. The van der Waals surface area contributed by atoms with Crippen molar-refractivity contribution in [3.63, 3.8) is 0 Å². The molecular formula is C31H19N3. The van der Waals surface area contributed by atoms with Gasteiger partial charge in [0.25, 0.3) is 0 Å². The molecule has 7 rings (SSSR count). The van der Waals surface area contributed by atoms with Crippen LogP contribution in [0.25, 0.3) is 65.7 Å². The first-order valence-corrected chi connectivity index (χ1v) is 11.3. The average molecular weight is 434 g/mol. The Hall–Kier alpha value is -4.63. The van der Waals surface area contributed by atoms with Gasteiger partial charge in [-0.05, 0) is 60.6 Å². The first-order chi connectivity index (χ1) is 16.9. The van der Waals surface area contributed by atoms with Crippen LogP contribution in [0.2, 0.25) is 0 Å². The Morgan fingerprint density at radius 3 is 1.59 bits per heavy atom. The second-order valence-corrected chi connectivity index (χ2v) is 8.59. The Balaban J connectivity index is 1.46. The lowest BCUT2D eigenvalue weighted by Gasteiger charge is -2.16. The zero-order valence-electron chi connectivity index (χ0n) is 18.3. The van der Waals surface area contributed by atoms with Crippen molar-refractivity contribution >= 4 is 32.3 Å². The monoisotopic (exact) mass is 433 g/mol. The minimum atomic E-state index is 1.02. The fourth-order valence-corrected chi connectivity index (χ4v) is 5.12. The molecule has 2 aromatic heterocycles. The van der Waals surface area contributed by atoms with Crippen molar-refractivity contribution in [1.29, 1.82) is 0 Å². The maximum absolute atomic E-state index is 4.35. The van der Waals surface area contributed by atoms with Gasteiger partial charge in [0, 0.05) is 35.9 Å². The standard InChI is InChI=1S/C31H19N3/c1-2-24(16-32-15-1)27-12-8-23-9-13-28-26(11-7-22-10-14-29(27)31(23)30(22)28)21-5-3-20(4-6-21)25-17-33-19-34-18-25/h1-19H. The zero-order chi connectivity index (χ0) is 22.5. The second-order valence-electron chi connectivity index (χ2n) is 8.59. The van der Waals surface area contributed by atoms with E-state index in [1.165, 1.54) is 49.0 Å². The third kappa shape index (κ3) is 2.87. The van der Waals surface area contributed by atoms with Crippen molar-refractivity contribution in [1.82, 2.24) is 15.0 Å². The van der Waals surface area contributed by atoms with Crippen LogP contribution in [0.15, 0.2) is 116 Å². The summed E-state index contributed by atoms with van der Waals surface area (Å²) in [5.74, 6) is 0. The molecule has 0 spiro atoms. The van der Waals surface area contributed by atoms with Gasteiger partial charge in [0.05, 0.1) is 0 Å². The summed E-state index contributed by atoms with van der Waals surface area (Å²) >= 11 is 0. The predicted octanol–water partition coefficient (Wildman–Crippen LogP) is 7.77. The molecule has 0 radical (unpaired) electrons. The number of hydrogen-bond acceptors (Lipinski definition) is 3. The summed E-state index contributed by atoms with van der Waals surface area (Å²) in [7, 11) is 0. The van der Waals surface area contributed by atoms with Gasteiger partial charge in [-0.15, -0.1) is 0 Å². The van der Waals surface area contributed by atoms with Gasteiger partial charge in [-0.1, -0.05) is 78.9 Å². The summed E-state index contributed by atoms with van der Waals surface area (Å²) in [5.41, 5.74) is 6.93. The Labute approximate surface area is 196 Å². The molecule has 0 unspecified atom stereocenters. The Morgan fingerprint density at radius 1 is 0.412 bits per heavy atom. The van der Waals surface area contributed by atoms with Crippen molar-refractivity contribution in [3.8, 4) is 33.4 Å². The molecule has 0 fully saturated rings. The van der Waals surface area contributed by atoms with E-state index in [1.807, 2.05) is 30.9 Å². The molecule has 0 atom stereocenters. The number of nitrogens with zero attached hydrogens (tertiary/aromatic N) is 3. The molecule has 0 saturated carbocycles. The highest BCUT2D eigenvalue weighted by Crippen LogP contribution is 2.42. The Morgan fingerprint density at radius 2 is 0.971 bits per heavy atom. The fraction of sp³-hybridized carbons (Fsp3) is 0. The summed E-state index contributed by atoms with van der Waals surface area (Å²) in [6.07, 6.45) is 9.01. The van der Waals surface area contributed by atoms with Crippen LogP contribution < -0.4 is 0 Å². The highest BCUT2D eigenvalue weighted by molar-refractivity contribution is 6.27. The Bertz CT molecular complexity index is 1770. The number of pyridine rings is 1. The summed E-state index contributed by atoms with van der Waals surface area (Å²) in [5, 5.41) is 7.69. The highest BCUT2D eigenvalue weighted by Gasteiger charge is 2.14. The van der Waals surface area contributed by atoms with Gasteiger partial charge in [-0.25, -0.2) is 9.97 Å². The van der Waals surface area contributed by atoms with E-state index >= 15 is 0 Å². The van der Waals surface area contributed by atoms with Gasteiger partial charge in [0.1, 0.15) is 6.33 Å². The Kier molecular flexibility index (Phi) is 4.15. The minimum absolute atomic E-state index is 1.02. The molecule has 0 amide bonds. The van der Waals surface area contributed by atoms with Crippen molar-refractivity contribution in [3.05, 3.63) is 116 Å². The van der Waals surface area contributed by atoms with E-state index < -0.39 is 0 Å². The number of rotatable bonds is 3. The lowest BCUT2D eigenvalue weighted by molar-refractivity contribution is 1.17. The molecule has 0 aliphatic rings. The summed E-state index contributed by atoms with van der Waals surface area (Å²) in [6, 6.07) is 30.7. The zero-order valence-corrected chi connectivity index (χ0v) is 18.3. The number of hydrogen-bond donors (Lipinski definition) is 0. The second kappa shape index (κ2) is 7.46. The van der Waals surface area contributed by atoms with Crippen LogP contribution in [0.4, 0.5) is 0 Å². The van der Waals surface area contributed by atoms with E-state index in [0.29, 0.717) is 0 Å². The van der Waals surface area contributed by atoms with E-state index in [0.717, 1.165) is 16.7 Å². The normalized spacial score (nSPS) is 11.5. The average Bonchev–Trinajstić information content (AvgIpc) is 2.92. The van der Waals surface area contributed by atoms with Crippen LogP contribution in [-0.4, -0.2) is 15.0 Å². The van der Waals surface area contributed by atoms with E-state index in [-0.39, 0.29) is 0 Å². The maximum Gasteiger partial charge on any atom is 0.115 e. The third-order valence-electron chi connectivity index (χ3n) is 6.73.